The molecule has 18 heavy (non-hydrogen) atoms. The number of aryl methyl sites for hydroxylation is 2. The van der Waals surface area contributed by atoms with Gasteiger partial charge in [-0.3, -0.25) is 0 Å². The molecule has 0 saturated carbocycles. The highest BCUT2D eigenvalue weighted by Crippen LogP contribution is 2.22. The lowest BCUT2D eigenvalue weighted by Crippen LogP contribution is -2.03. The summed E-state index contributed by atoms with van der Waals surface area (Å²) in [5.74, 6) is -0.231. The Morgan fingerprint density at radius 3 is 2.39 bits per heavy atom. The molecule has 0 heterocycles. The van der Waals surface area contributed by atoms with E-state index in [0.29, 0.717) is 11.0 Å². The van der Waals surface area contributed by atoms with Crippen LogP contribution in [-0.4, -0.2) is 0 Å². The molecule has 3 heteroatoms. The summed E-state index contributed by atoms with van der Waals surface area (Å²) in [7, 11) is 0. The van der Waals surface area contributed by atoms with Crippen LogP contribution in [0.25, 0.3) is 0 Å². The third kappa shape index (κ3) is 2.91. The smallest absolute Gasteiger partial charge is 0.137 e. The average molecular weight is 308 g/mol. The van der Waals surface area contributed by atoms with E-state index < -0.39 is 0 Å². The SMILES string of the molecule is Cc1cccc(C)c1NCc1ccc(F)c(Br)c1. The molecular formula is C15H15BrFN. The molecule has 2 aromatic carbocycles. The van der Waals surface area contributed by atoms with Gasteiger partial charge in [0.2, 0.25) is 0 Å². The first-order valence-corrected chi connectivity index (χ1v) is 6.61. The van der Waals surface area contributed by atoms with Crippen LogP contribution >= 0.6 is 15.9 Å². The summed E-state index contributed by atoms with van der Waals surface area (Å²) in [4.78, 5) is 0. The van der Waals surface area contributed by atoms with E-state index in [9.17, 15) is 4.39 Å². The van der Waals surface area contributed by atoms with Gasteiger partial charge in [0.15, 0.2) is 0 Å². The maximum Gasteiger partial charge on any atom is 0.137 e. The molecule has 0 unspecified atom stereocenters. The fourth-order valence-corrected chi connectivity index (χ4v) is 2.36. The van der Waals surface area contributed by atoms with Crippen molar-refractivity contribution in [2.45, 2.75) is 20.4 Å². The highest BCUT2D eigenvalue weighted by atomic mass is 79.9. The Kier molecular flexibility index (Phi) is 4.02. The molecule has 0 aliphatic carbocycles. The minimum Gasteiger partial charge on any atom is -0.381 e. The largest absolute Gasteiger partial charge is 0.381 e. The van der Waals surface area contributed by atoms with Crippen molar-refractivity contribution in [1.29, 1.82) is 0 Å². The molecule has 1 nitrogen and oxygen atoms in total. The lowest BCUT2D eigenvalue weighted by atomic mass is 10.1. The Morgan fingerprint density at radius 1 is 1.11 bits per heavy atom. The molecule has 94 valence electrons. The monoisotopic (exact) mass is 307 g/mol. The van der Waals surface area contributed by atoms with E-state index in [1.54, 1.807) is 12.1 Å². The van der Waals surface area contributed by atoms with Gasteiger partial charge >= 0.3 is 0 Å². The van der Waals surface area contributed by atoms with Gasteiger partial charge in [0, 0.05) is 12.2 Å². The Morgan fingerprint density at radius 2 is 1.78 bits per heavy atom. The molecule has 2 rings (SSSR count). The van der Waals surface area contributed by atoms with Crippen LogP contribution in [0.3, 0.4) is 0 Å². The van der Waals surface area contributed by atoms with Gasteiger partial charge in [-0.1, -0.05) is 24.3 Å². The number of hydrogen-bond acceptors (Lipinski definition) is 1. The summed E-state index contributed by atoms with van der Waals surface area (Å²) in [6, 6.07) is 11.3. The van der Waals surface area contributed by atoms with Gasteiger partial charge in [0.1, 0.15) is 5.82 Å². The number of anilines is 1. The van der Waals surface area contributed by atoms with E-state index in [4.69, 9.17) is 0 Å². The van der Waals surface area contributed by atoms with E-state index in [-0.39, 0.29) is 5.82 Å². The Hall–Kier alpha value is -1.35. The Labute approximate surface area is 115 Å². The second kappa shape index (κ2) is 5.53. The summed E-state index contributed by atoms with van der Waals surface area (Å²) in [6.07, 6.45) is 0. The molecule has 0 radical (unpaired) electrons. The van der Waals surface area contributed by atoms with E-state index in [1.165, 1.54) is 17.2 Å². The predicted octanol–water partition coefficient (Wildman–Crippen LogP) is 4.82. The number of hydrogen-bond donors (Lipinski definition) is 1. The second-order valence-corrected chi connectivity index (χ2v) is 5.22. The van der Waals surface area contributed by atoms with Crippen molar-refractivity contribution in [3.63, 3.8) is 0 Å². The lowest BCUT2D eigenvalue weighted by Gasteiger charge is -2.12. The van der Waals surface area contributed by atoms with Crippen molar-refractivity contribution < 1.29 is 4.39 Å². The van der Waals surface area contributed by atoms with Crippen LogP contribution in [0.15, 0.2) is 40.9 Å². The minimum atomic E-state index is -0.231. The molecule has 0 fully saturated rings. The van der Waals surface area contributed by atoms with E-state index in [2.05, 4.69) is 47.2 Å². The third-order valence-corrected chi connectivity index (χ3v) is 3.54. The fourth-order valence-electron chi connectivity index (χ4n) is 1.93. The first-order valence-electron chi connectivity index (χ1n) is 5.82. The van der Waals surface area contributed by atoms with Crippen molar-refractivity contribution >= 4 is 21.6 Å². The highest BCUT2D eigenvalue weighted by Gasteiger charge is 2.03. The summed E-state index contributed by atoms with van der Waals surface area (Å²) >= 11 is 3.20. The van der Waals surface area contributed by atoms with Gasteiger partial charge in [-0.25, -0.2) is 4.39 Å². The normalized spacial score (nSPS) is 10.4. The molecular weight excluding hydrogens is 293 g/mol. The van der Waals surface area contributed by atoms with Crippen LogP contribution in [-0.2, 0) is 6.54 Å². The number of rotatable bonds is 3. The van der Waals surface area contributed by atoms with E-state index in [1.807, 2.05) is 6.07 Å². The van der Waals surface area contributed by atoms with Crippen LogP contribution in [0.4, 0.5) is 10.1 Å². The number of para-hydroxylation sites is 1. The van der Waals surface area contributed by atoms with Crippen molar-refractivity contribution in [1.82, 2.24) is 0 Å². The Balaban J connectivity index is 2.14. The maximum atomic E-state index is 13.1. The van der Waals surface area contributed by atoms with E-state index >= 15 is 0 Å². The maximum absolute atomic E-state index is 13.1. The van der Waals surface area contributed by atoms with Gasteiger partial charge in [0.05, 0.1) is 4.47 Å². The molecule has 0 saturated heterocycles. The third-order valence-electron chi connectivity index (χ3n) is 2.93. The van der Waals surface area contributed by atoms with Gasteiger partial charge in [-0.15, -0.1) is 0 Å². The van der Waals surface area contributed by atoms with Crippen LogP contribution in [0.2, 0.25) is 0 Å². The molecule has 2 aromatic rings. The first kappa shape index (κ1) is 13.1. The van der Waals surface area contributed by atoms with Crippen LogP contribution in [0.5, 0.6) is 0 Å². The quantitative estimate of drug-likeness (QED) is 0.857. The Bertz CT molecular complexity index is 546. The number of benzene rings is 2. The second-order valence-electron chi connectivity index (χ2n) is 4.37. The summed E-state index contributed by atoms with van der Waals surface area (Å²) in [5, 5.41) is 3.40. The average Bonchev–Trinajstić information content (AvgIpc) is 2.33. The van der Waals surface area contributed by atoms with Gasteiger partial charge in [-0.05, 0) is 58.6 Å². The molecule has 0 aromatic heterocycles. The van der Waals surface area contributed by atoms with Crippen molar-refractivity contribution in [2.75, 3.05) is 5.32 Å². The molecule has 1 N–H and O–H groups in total. The van der Waals surface area contributed by atoms with Crippen LogP contribution in [0.1, 0.15) is 16.7 Å². The predicted molar refractivity (Wildman–Crippen MR) is 77.3 cm³/mol. The molecule has 0 spiro atoms. The standard InChI is InChI=1S/C15H15BrFN/c1-10-4-3-5-11(2)15(10)18-9-12-6-7-14(17)13(16)8-12/h3-8,18H,9H2,1-2H3. The zero-order chi connectivity index (χ0) is 13.1. The van der Waals surface area contributed by atoms with Crippen molar-refractivity contribution in [2.24, 2.45) is 0 Å². The first-order chi connectivity index (χ1) is 8.58. The number of nitrogens with one attached hydrogen (secondary N) is 1. The zero-order valence-electron chi connectivity index (χ0n) is 10.4. The minimum absolute atomic E-state index is 0.231. The van der Waals surface area contributed by atoms with E-state index in [0.717, 1.165) is 11.3 Å². The van der Waals surface area contributed by atoms with Gasteiger partial charge in [-0.2, -0.15) is 0 Å². The summed E-state index contributed by atoms with van der Waals surface area (Å²) < 4.78 is 13.6. The molecule has 0 atom stereocenters. The van der Waals surface area contributed by atoms with Gasteiger partial charge in [0.25, 0.3) is 0 Å². The molecule has 0 bridgehead atoms. The summed E-state index contributed by atoms with van der Waals surface area (Å²) in [5.41, 5.74) is 4.64. The number of halogens is 2. The lowest BCUT2D eigenvalue weighted by molar-refractivity contribution is 0.620. The van der Waals surface area contributed by atoms with Crippen LogP contribution < -0.4 is 5.32 Å². The molecule has 0 aliphatic rings. The van der Waals surface area contributed by atoms with Gasteiger partial charge < -0.3 is 5.32 Å². The summed E-state index contributed by atoms with van der Waals surface area (Å²) in [6.45, 7) is 4.84. The molecule has 0 amide bonds. The molecule has 0 aliphatic heterocycles. The zero-order valence-corrected chi connectivity index (χ0v) is 12.0. The topological polar surface area (TPSA) is 12.0 Å². The highest BCUT2D eigenvalue weighted by molar-refractivity contribution is 9.10. The van der Waals surface area contributed by atoms with Crippen molar-refractivity contribution in [3.8, 4) is 0 Å². The fraction of sp³-hybridized carbons (Fsp3) is 0.200. The van der Waals surface area contributed by atoms with Crippen molar-refractivity contribution in [3.05, 3.63) is 63.4 Å². The van der Waals surface area contributed by atoms with Crippen LogP contribution in [0, 0.1) is 19.7 Å².